The number of carbonyl (C=O) groups is 3. The summed E-state index contributed by atoms with van der Waals surface area (Å²) in [6.45, 7) is 0.923. The van der Waals surface area contributed by atoms with Crippen molar-refractivity contribution < 1.29 is 29.0 Å². The Bertz CT molecular complexity index is 986. The smallest absolute Gasteiger partial charge is 0.407 e. The normalized spacial score (nSPS) is 18.9. The first-order valence-electron chi connectivity index (χ1n) is 11.2. The highest BCUT2D eigenvalue weighted by Crippen LogP contribution is 2.44. The van der Waals surface area contributed by atoms with Crippen LogP contribution in [0.5, 0.6) is 0 Å². The van der Waals surface area contributed by atoms with E-state index in [1.807, 2.05) is 24.3 Å². The van der Waals surface area contributed by atoms with Crippen molar-refractivity contribution in [3.8, 4) is 11.1 Å². The predicted octanol–water partition coefficient (Wildman–Crippen LogP) is 3.06. The van der Waals surface area contributed by atoms with Crippen LogP contribution < -0.4 is 10.6 Å². The van der Waals surface area contributed by atoms with Gasteiger partial charge in [0.15, 0.2) is 5.54 Å². The van der Waals surface area contributed by atoms with Crippen LogP contribution in [0.2, 0.25) is 0 Å². The van der Waals surface area contributed by atoms with Crippen LogP contribution >= 0.6 is 0 Å². The van der Waals surface area contributed by atoms with Gasteiger partial charge >= 0.3 is 12.1 Å². The van der Waals surface area contributed by atoms with Crippen LogP contribution in [0.25, 0.3) is 11.1 Å². The van der Waals surface area contributed by atoms with E-state index in [9.17, 15) is 19.5 Å². The molecule has 1 heterocycles. The quantitative estimate of drug-likeness (QED) is 0.504. The van der Waals surface area contributed by atoms with Crippen molar-refractivity contribution in [3.05, 3.63) is 59.7 Å². The van der Waals surface area contributed by atoms with Gasteiger partial charge < -0.3 is 25.2 Å². The molecule has 1 saturated heterocycles. The average Bonchev–Trinajstić information content (AvgIpc) is 3.41. The summed E-state index contributed by atoms with van der Waals surface area (Å²) in [4.78, 5) is 35.7. The fraction of sp³-hybridized carbons (Fsp3) is 0.400. The first-order valence-corrected chi connectivity index (χ1v) is 11.2. The fourth-order valence-electron chi connectivity index (χ4n) is 4.47. The number of nitrogens with one attached hydrogen (secondary N) is 2. The van der Waals surface area contributed by atoms with Crippen LogP contribution in [-0.4, -0.2) is 55.0 Å². The second-order valence-electron chi connectivity index (χ2n) is 8.45. The van der Waals surface area contributed by atoms with E-state index in [2.05, 4.69) is 34.9 Å². The van der Waals surface area contributed by atoms with Gasteiger partial charge in [0.25, 0.3) is 0 Å². The zero-order chi connectivity index (χ0) is 23.3. The number of hydrogen-bond donors (Lipinski definition) is 3. The minimum atomic E-state index is -1.32. The molecule has 2 aliphatic rings. The minimum Gasteiger partial charge on any atom is -0.479 e. The van der Waals surface area contributed by atoms with Gasteiger partial charge in [0.05, 0.1) is 6.61 Å². The third-order valence-electron chi connectivity index (χ3n) is 6.25. The molecule has 2 aromatic rings. The molecule has 4 rings (SSSR count). The Kier molecular flexibility index (Phi) is 6.93. The van der Waals surface area contributed by atoms with Crippen LogP contribution in [0.4, 0.5) is 4.79 Å². The molecular formula is C25H28N2O6. The van der Waals surface area contributed by atoms with Crippen LogP contribution in [0.1, 0.15) is 42.7 Å². The maximum atomic E-state index is 12.2. The number of unbranched alkanes of at least 4 members (excludes halogenated alkanes) is 1. The Hall–Kier alpha value is -3.39. The van der Waals surface area contributed by atoms with Crippen LogP contribution in [-0.2, 0) is 19.1 Å². The number of carbonyl (C=O) groups excluding carboxylic acids is 2. The van der Waals surface area contributed by atoms with E-state index in [1.54, 1.807) is 0 Å². The number of carboxylic acid groups (broad SMARTS) is 1. The number of alkyl carbamates (subject to hydrolysis) is 1. The predicted molar refractivity (Wildman–Crippen MR) is 121 cm³/mol. The van der Waals surface area contributed by atoms with Crippen molar-refractivity contribution in [2.75, 3.05) is 26.4 Å². The van der Waals surface area contributed by atoms with Crippen molar-refractivity contribution in [1.29, 1.82) is 0 Å². The number of carboxylic acids is 1. The number of benzene rings is 2. The van der Waals surface area contributed by atoms with Gasteiger partial charge in [-0.15, -0.1) is 0 Å². The molecule has 1 aliphatic carbocycles. The van der Waals surface area contributed by atoms with E-state index in [0.717, 1.165) is 11.1 Å². The molecule has 8 heteroatoms. The van der Waals surface area contributed by atoms with Gasteiger partial charge in [-0.1, -0.05) is 48.5 Å². The molecule has 1 fully saturated rings. The van der Waals surface area contributed by atoms with Crippen LogP contribution in [0.3, 0.4) is 0 Å². The summed E-state index contributed by atoms with van der Waals surface area (Å²) in [5.74, 6) is -1.40. The number of amides is 2. The summed E-state index contributed by atoms with van der Waals surface area (Å²) < 4.78 is 10.6. The van der Waals surface area contributed by atoms with E-state index >= 15 is 0 Å². The van der Waals surface area contributed by atoms with Gasteiger partial charge in [0.1, 0.15) is 6.61 Å². The second-order valence-corrected chi connectivity index (χ2v) is 8.45. The molecule has 0 radical (unpaired) electrons. The molecule has 1 unspecified atom stereocenters. The number of ether oxygens (including phenoxy) is 2. The summed E-state index contributed by atoms with van der Waals surface area (Å²) in [7, 11) is 0. The summed E-state index contributed by atoms with van der Waals surface area (Å²) >= 11 is 0. The summed E-state index contributed by atoms with van der Waals surface area (Å²) in [5.41, 5.74) is 3.34. The molecule has 0 spiro atoms. The molecule has 2 aromatic carbocycles. The van der Waals surface area contributed by atoms with Crippen molar-refractivity contribution in [2.45, 2.75) is 37.1 Å². The van der Waals surface area contributed by atoms with Crippen LogP contribution in [0, 0.1) is 0 Å². The Balaban J connectivity index is 1.17. The summed E-state index contributed by atoms with van der Waals surface area (Å²) in [6.07, 6.45) is 1.05. The molecule has 1 aliphatic heterocycles. The van der Waals surface area contributed by atoms with E-state index in [4.69, 9.17) is 9.47 Å². The Morgan fingerprint density at radius 1 is 1.03 bits per heavy atom. The van der Waals surface area contributed by atoms with Crippen molar-refractivity contribution in [2.24, 2.45) is 0 Å². The number of rotatable bonds is 9. The van der Waals surface area contributed by atoms with Gasteiger partial charge in [0, 0.05) is 31.9 Å². The standard InChI is InChI=1S/C25H28N2O6/c28-22(27-25(23(29)30)12-14-32-16-25)11-5-6-13-26-24(31)33-15-21-19-9-3-1-7-17(19)18-8-2-4-10-20(18)21/h1-4,7-10,21H,5-6,11-16H2,(H,26,31)(H,27,28)(H,29,30). The molecular weight excluding hydrogens is 424 g/mol. The lowest BCUT2D eigenvalue weighted by Crippen LogP contribution is -2.55. The highest BCUT2D eigenvalue weighted by Gasteiger charge is 2.43. The van der Waals surface area contributed by atoms with Crippen molar-refractivity contribution in [3.63, 3.8) is 0 Å². The third kappa shape index (κ3) is 5.01. The molecule has 8 nitrogen and oxygen atoms in total. The zero-order valence-corrected chi connectivity index (χ0v) is 18.3. The molecule has 174 valence electrons. The molecule has 33 heavy (non-hydrogen) atoms. The summed E-state index contributed by atoms with van der Waals surface area (Å²) in [5, 5.41) is 14.7. The number of hydrogen-bond acceptors (Lipinski definition) is 5. The molecule has 2 amide bonds. The molecule has 0 bridgehead atoms. The van der Waals surface area contributed by atoms with Gasteiger partial charge in [-0.2, -0.15) is 0 Å². The largest absolute Gasteiger partial charge is 0.479 e. The second kappa shape index (κ2) is 10.0. The molecule has 3 N–H and O–H groups in total. The molecule has 0 saturated carbocycles. The highest BCUT2D eigenvalue weighted by atomic mass is 16.5. The van der Waals surface area contributed by atoms with E-state index in [0.29, 0.717) is 26.0 Å². The maximum Gasteiger partial charge on any atom is 0.407 e. The lowest BCUT2D eigenvalue weighted by atomic mass is 9.98. The Labute approximate surface area is 192 Å². The van der Waals surface area contributed by atoms with Crippen molar-refractivity contribution >= 4 is 18.0 Å². The maximum absolute atomic E-state index is 12.2. The first-order chi connectivity index (χ1) is 16.0. The van der Waals surface area contributed by atoms with E-state index in [-0.39, 0.29) is 37.9 Å². The molecule has 0 aromatic heterocycles. The third-order valence-corrected chi connectivity index (χ3v) is 6.25. The first kappa shape index (κ1) is 22.8. The highest BCUT2D eigenvalue weighted by molar-refractivity contribution is 5.87. The monoisotopic (exact) mass is 452 g/mol. The molecule has 1 atom stereocenters. The number of fused-ring (bicyclic) bond motifs is 3. The minimum absolute atomic E-state index is 0.00738. The average molecular weight is 453 g/mol. The SMILES string of the molecule is O=C(CCCCNC(=O)OCC1c2ccccc2-c2ccccc21)NC1(C(=O)O)CCOC1. The van der Waals surface area contributed by atoms with E-state index < -0.39 is 17.6 Å². The Morgan fingerprint density at radius 2 is 1.70 bits per heavy atom. The Morgan fingerprint density at radius 3 is 2.30 bits per heavy atom. The summed E-state index contributed by atoms with van der Waals surface area (Å²) in [6, 6.07) is 16.3. The van der Waals surface area contributed by atoms with Crippen LogP contribution in [0.15, 0.2) is 48.5 Å². The lowest BCUT2D eigenvalue weighted by molar-refractivity contribution is -0.147. The van der Waals surface area contributed by atoms with Gasteiger partial charge in [-0.3, -0.25) is 4.79 Å². The number of aliphatic carboxylic acids is 1. The fourth-order valence-corrected chi connectivity index (χ4v) is 4.47. The lowest BCUT2D eigenvalue weighted by Gasteiger charge is -2.23. The topological polar surface area (TPSA) is 114 Å². The van der Waals surface area contributed by atoms with Crippen molar-refractivity contribution in [1.82, 2.24) is 10.6 Å². The van der Waals surface area contributed by atoms with E-state index in [1.165, 1.54) is 11.1 Å². The zero-order valence-electron chi connectivity index (χ0n) is 18.3. The van der Waals surface area contributed by atoms with Gasteiger partial charge in [-0.25, -0.2) is 9.59 Å². The van der Waals surface area contributed by atoms with Gasteiger partial charge in [-0.05, 0) is 35.1 Å². The van der Waals surface area contributed by atoms with Gasteiger partial charge in [0.2, 0.25) is 5.91 Å².